The van der Waals surface area contributed by atoms with Gasteiger partial charge in [0.1, 0.15) is 0 Å². The maximum absolute atomic E-state index is 12.7. The molecule has 0 saturated carbocycles. The first-order valence-corrected chi connectivity index (χ1v) is 10.1. The van der Waals surface area contributed by atoms with Crippen LogP contribution < -0.4 is 5.32 Å². The topological polar surface area (TPSA) is 45.2 Å². The van der Waals surface area contributed by atoms with Gasteiger partial charge in [-0.15, -0.1) is 11.3 Å². The highest BCUT2D eigenvalue weighted by Gasteiger charge is 2.40. The van der Waals surface area contributed by atoms with Crippen LogP contribution in [0.5, 0.6) is 0 Å². The summed E-state index contributed by atoms with van der Waals surface area (Å²) in [5.74, 6) is 0.710. The van der Waals surface area contributed by atoms with E-state index in [4.69, 9.17) is 0 Å². The summed E-state index contributed by atoms with van der Waals surface area (Å²) < 4.78 is 1.12. The number of pyridine rings is 1. The van der Waals surface area contributed by atoms with Gasteiger partial charge in [-0.25, -0.2) is 0 Å². The standard InChI is InChI=1S/C18H21N3OS2/c1-12-17(13-6-9-21(12)10-7-13)20-18(22)15-4-5-16(24-15)23-14-3-2-8-19-11-14/h2-5,8,11-13,17H,6-7,9-10H2,1H3,(H,20,22)/t12-,17-/m0/s1. The molecule has 0 unspecified atom stereocenters. The van der Waals surface area contributed by atoms with E-state index in [0.717, 1.165) is 14.0 Å². The van der Waals surface area contributed by atoms with Gasteiger partial charge in [-0.1, -0.05) is 11.8 Å². The minimum absolute atomic E-state index is 0.0728. The minimum Gasteiger partial charge on any atom is -0.347 e. The molecule has 0 aromatic carbocycles. The molecule has 1 amide bonds. The van der Waals surface area contributed by atoms with Gasteiger partial charge in [0, 0.05) is 29.4 Å². The predicted molar refractivity (Wildman–Crippen MR) is 97.7 cm³/mol. The molecule has 2 atom stereocenters. The van der Waals surface area contributed by atoms with E-state index in [1.54, 1.807) is 29.3 Å². The van der Waals surface area contributed by atoms with Gasteiger partial charge < -0.3 is 5.32 Å². The number of rotatable bonds is 4. The number of nitrogens with zero attached hydrogens (tertiary/aromatic N) is 2. The molecule has 6 heteroatoms. The molecule has 5 heterocycles. The fourth-order valence-corrected chi connectivity index (χ4v) is 5.78. The van der Waals surface area contributed by atoms with E-state index < -0.39 is 0 Å². The Morgan fingerprint density at radius 3 is 2.88 bits per heavy atom. The number of aromatic nitrogens is 1. The second kappa shape index (κ2) is 6.86. The summed E-state index contributed by atoms with van der Waals surface area (Å²) >= 11 is 3.21. The Labute approximate surface area is 150 Å². The molecule has 2 aromatic rings. The second-order valence-electron chi connectivity index (χ2n) is 6.52. The minimum atomic E-state index is 0.0728. The number of nitrogens with one attached hydrogen (secondary N) is 1. The Balaban J connectivity index is 1.42. The normalized spacial score (nSPS) is 28.7. The van der Waals surface area contributed by atoms with Crippen LogP contribution in [0.25, 0.3) is 0 Å². The van der Waals surface area contributed by atoms with E-state index in [0.29, 0.717) is 12.0 Å². The van der Waals surface area contributed by atoms with Crippen LogP contribution in [0.15, 0.2) is 45.8 Å². The summed E-state index contributed by atoms with van der Waals surface area (Å²) in [6.07, 6.45) is 6.04. The Bertz CT molecular complexity index is 708. The zero-order valence-electron chi connectivity index (χ0n) is 13.6. The third kappa shape index (κ3) is 3.23. The van der Waals surface area contributed by atoms with Gasteiger partial charge in [0.2, 0.25) is 0 Å². The van der Waals surface area contributed by atoms with Crippen molar-refractivity contribution < 1.29 is 4.79 Å². The Morgan fingerprint density at radius 2 is 2.17 bits per heavy atom. The summed E-state index contributed by atoms with van der Waals surface area (Å²) in [5.41, 5.74) is 0. The van der Waals surface area contributed by atoms with Crippen molar-refractivity contribution in [2.45, 2.75) is 41.0 Å². The third-order valence-corrected chi connectivity index (χ3v) is 7.33. The van der Waals surface area contributed by atoms with Crippen molar-refractivity contribution in [3.8, 4) is 0 Å². The van der Waals surface area contributed by atoms with Gasteiger partial charge in [-0.2, -0.15) is 0 Å². The van der Waals surface area contributed by atoms with E-state index in [9.17, 15) is 4.79 Å². The van der Waals surface area contributed by atoms with Gasteiger partial charge in [0.05, 0.1) is 9.09 Å². The first-order chi connectivity index (χ1) is 11.7. The molecule has 3 saturated heterocycles. The SMILES string of the molecule is C[C@H]1[C@H](NC(=O)c2ccc(Sc3cccnc3)s2)C2CCN1CC2. The number of fused-ring (bicyclic) bond motifs is 3. The van der Waals surface area contributed by atoms with Crippen molar-refractivity contribution in [2.24, 2.45) is 5.92 Å². The smallest absolute Gasteiger partial charge is 0.261 e. The van der Waals surface area contributed by atoms with E-state index in [-0.39, 0.29) is 11.9 Å². The molecule has 126 valence electrons. The van der Waals surface area contributed by atoms with E-state index in [1.807, 2.05) is 30.5 Å². The maximum Gasteiger partial charge on any atom is 0.261 e. The van der Waals surface area contributed by atoms with Crippen LogP contribution in [0.1, 0.15) is 29.4 Å². The Morgan fingerprint density at radius 1 is 1.33 bits per heavy atom. The van der Waals surface area contributed by atoms with Crippen LogP contribution in [0.4, 0.5) is 0 Å². The zero-order valence-corrected chi connectivity index (χ0v) is 15.3. The van der Waals surface area contributed by atoms with Crippen LogP contribution in [0.2, 0.25) is 0 Å². The molecule has 4 nitrogen and oxygen atoms in total. The molecule has 3 fully saturated rings. The molecule has 2 aromatic heterocycles. The van der Waals surface area contributed by atoms with Crippen LogP contribution in [0.3, 0.4) is 0 Å². The quantitative estimate of drug-likeness (QED) is 0.907. The van der Waals surface area contributed by atoms with Crippen LogP contribution in [0, 0.1) is 5.92 Å². The van der Waals surface area contributed by atoms with Crippen molar-refractivity contribution in [3.63, 3.8) is 0 Å². The van der Waals surface area contributed by atoms with Gasteiger partial charge in [0.15, 0.2) is 0 Å². The van der Waals surface area contributed by atoms with E-state index in [1.165, 1.54) is 25.9 Å². The summed E-state index contributed by atoms with van der Waals surface area (Å²) in [6.45, 7) is 4.61. The summed E-state index contributed by atoms with van der Waals surface area (Å²) in [5, 5.41) is 3.30. The molecule has 0 aliphatic carbocycles. The molecule has 0 spiro atoms. The van der Waals surface area contributed by atoms with Crippen molar-refractivity contribution in [1.29, 1.82) is 0 Å². The summed E-state index contributed by atoms with van der Waals surface area (Å²) in [7, 11) is 0. The van der Waals surface area contributed by atoms with E-state index in [2.05, 4.69) is 22.1 Å². The highest BCUT2D eigenvalue weighted by atomic mass is 32.2. The fourth-order valence-electron chi connectivity index (χ4n) is 3.79. The van der Waals surface area contributed by atoms with Crippen LogP contribution in [-0.4, -0.2) is 41.0 Å². The number of carbonyl (C=O) groups is 1. The molecule has 3 aliphatic rings. The molecular formula is C18H21N3OS2. The molecule has 24 heavy (non-hydrogen) atoms. The van der Waals surface area contributed by atoms with Crippen molar-refractivity contribution in [1.82, 2.24) is 15.2 Å². The average molecular weight is 360 g/mol. The van der Waals surface area contributed by atoms with Crippen molar-refractivity contribution in [2.75, 3.05) is 13.1 Å². The average Bonchev–Trinajstić information content (AvgIpc) is 3.08. The molecule has 5 rings (SSSR count). The summed E-state index contributed by atoms with van der Waals surface area (Å²) in [4.78, 5) is 21.2. The highest BCUT2D eigenvalue weighted by molar-refractivity contribution is 8.01. The van der Waals surface area contributed by atoms with Crippen LogP contribution in [-0.2, 0) is 0 Å². The van der Waals surface area contributed by atoms with E-state index >= 15 is 0 Å². The molecule has 1 N–H and O–H groups in total. The zero-order chi connectivity index (χ0) is 16.5. The number of hydrogen-bond acceptors (Lipinski definition) is 5. The lowest BCUT2D eigenvalue weighted by molar-refractivity contribution is 0.0218. The number of piperidine rings is 3. The Hall–Kier alpha value is -1.37. The molecule has 3 aliphatic heterocycles. The monoisotopic (exact) mass is 359 g/mol. The number of hydrogen-bond donors (Lipinski definition) is 1. The van der Waals surface area contributed by atoms with Gasteiger partial charge in [0.25, 0.3) is 5.91 Å². The third-order valence-electron chi connectivity index (χ3n) is 5.13. The lowest BCUT2D eigenvalue weighted by Crippen LogP contribution is -2.62. The first-order valence-electron chi connectivity index (χ1n) is 8.43. The number of amides is 1. The van der Waals surface area contributed by atoms with Crippen molar-refractivity contribution >= 4 is 29.0 Å². The molecular weight excluding hydrogens is 338 g/mol. The lowest BCUT2D eigenvalue weighted by atomic mass is 9.79. The van der Waals surface area contributed by atoms with Gasteiger partial charge in [-0.05, 0) is 63.0 Å². The van der Waals surface area contributed by atoms with Gasteiger partial charge >= 0.3 is 0 Å². The number of thiophene rings is 1. The lowest BCUT2D eigenvalue weighted by Gasteiger charge is -2.49. The molecule has 2 bridgehead atoms. The fraction of sp³-hybridized carbons (Fsp3) is 0.444. The predicted octanol–water partition coefficient (Wildman–Crippen LogP) is 3.51. The maximum atomic E-state index is 12.7. The highest BCUT2D eigenvalue weighted by Crippen LogP contribution is 2.34. The first kappa shape index (κ1) is 16.1. The van der Waals surface area contributed by atoms with Gasteiger partial charge in [-0.3, -0.25) is 14.7 Å². The van der Waals surface area contributed by atoms with Crippen molar-refractivity contribution in [3.05, 3.63) is 41.5 Å². The summed E-state index contributed by atoms with van der Waals surface area (Å²) in [6, 6.07) is 8.66. The van der Waals surface area contributed by atoms with Crippen LogP contribution >= 0.6 is 23.1 Å². The largest absolute Gasteiger partial charge is 0.347 e. The number of carbonyl (C=O) groups excluding carboxylic acids is 1. The second-order valence-corrected chi connectivity index (χ2v) is 8.98. The Kier molecular flexibility index (Phi) is 4.61. The molecule has 0 radical (unpaired) electrons.